The third kappa shape index (κ3) is 3.99. The highest BCUT2D eigenvalue weighted by atomic mass is 35.5. The highest BCUT2D eigenvalue weighted by molar-refractivity contribution is 6.39. The number of nitrogens with zero attached hydrogens (tertiary/aromatic N) is 1. The van der Waals surface area contributed by atoms with E-state index < -0.39 is 17.8 Å². The average Bonchev–Trinajstić information content (AvgIpc) is 2.66. The lowest BCUT2D eigenvalue weighted by atomic mass is 10.1. The van der Waals surface area contributed by atoms with Gasteiger partial charge in [0.2, 0.25) is 0 Å². The Morgan fingerprint density at radius 1 is 1.14 bits per heavy atom. The molecule has 0 saturated carbocycles. The Labute approximate surface area is 166 Å². The molecule has 1 saturated heterocycles. The number of barbiturate groups is 1. The topological polar surface area (TPSA) is 95.9 Å². The average molecular weight is 401 g/mol. The molecule has 0 unspecified atom stereocenters. The van der Waals surface area contributed by atoms with Gasteiger partial charge in [0.05, 0.1) is 17.3 Å². The predicted octanol–water partition coefficient (Wildman–Crippen LogP) is 3.50. The summed E-state index contributed by atoms with van der Waals surface area (Å²) in [6.07, 6.45) is 2.19. The van der Waals surface area contributed by atoms with E-state index >= 15 is 0 Å². The molecule has 1 aliphatic rings. The highest BCUT2D eigenvalue weighted by Gasteiger charge is 2.36. The molecule has 2 aromatic rings. The molecule has 1 heterocycles. The Balaban J connectivity index is 1.92. The number of urea groups is 1. The number of ether oxygens (including phenoxy) is 1. The molecule has 8 heteroatoms. The van der Waals surface area contributed by atoms with E-state index in [0.717, 1.165) is 11.3 Å². The SMILES string of the molecule is CCCOc1ccc(/C=C2\C(=O)NC(=O)N(c3ccc(O)cc3)C2=O)cc1Cl. The Morgan fingerprint density at radius 2 is 1.86 bits per heavy atom. The van der Waals surface area contributed by atoms with Gasteiger partial charge in [-0.25, -0.2) is 9.69 Å². The fourth-order valence-electron chi connectivity index (χ4n) is 2.60. The molecule has 0 radical (unpaired) electrons. The molecule has 0 aromatic heterocycles. The van der Waals surface area contributed by atoms with Crippen LogP contribution in [0.25, 0.3) is 6.08 Å². The molecule has 0 atom stereocenters. The molecular weight excluding hydrogens is 384 g/mol. The maximum atomic E-state index is 12.8. The lowest BCUT2D eigenvalue weighted by molar-refractivity contribution is -0.122. The van der Waals surface area contributed by atoms with Crippen molar-refractivity contribution in [2.45, 2.75) is 13.3 Å². The number of halogens is 1. The standard InChI is InChI=1S/C20H17ClN2O5/c1-2-9-28-17-8-3-12(11-16(17)21)10-15-18(25)22-20(27)23(19(15)26)13-4-6-14(24)7-5-13/h3-8,10-11,24H,2,9H2,1H3,(H,22,25,27)/b15-10+. The van der Waals surface area contributed by atoms with Crippen LogP contribution in [-0.4, -0.2) is 29.6 Å². The first-order valence-electron chi connectivity index (χ1n) is 8.53. The number of carbonyl (C=O) groups excluding carboxylic acids is 3. The van der Waals surface area contributed by atoms with Crippen molar-refractivity contribution in [1.82, 2.24) is 5.32 Å². The van der Waals surface area contributed by atoms with E-state index in [4.69, 9.17) is 16.3 Å². The number of hydrogen-bond donors (Lipinski definition) is 2. The summed E-state index contributed by atoms with van der Waals surface area (Å²) >= 11 is 6.19. The molecule has 144 valence electrons. The molecule has 0 spiro atoms. The molecule has 28 heavy (non-hydrogen) atoms. The van der Waals surface area contributed by atoms with Crippen LogP contribution in [0.15, 0.2) is 48.0 Å². The molecule has 0 bridgehead atoms. The third-order valence-corrected chi connectivity index (χ3v) is 4.23. The summed E-state index contributed by atoms with van der Waals surface area (Å²) in [7, 11) is 0. The number of phenols is 1. The van der Waals surface area contributed by atoms with Crippen molar-refractivity contribution in [2.75, 3.05) is 11.5 Å². The number of phenolic OH excluding ortho intramolecular Hbond substituents is 1. The van der Waals surface area contributed by atoms with Crippen LogP contribution in [0.3, 0.4) is 0 Å². The fraction of sp³-hybridized carbons (Fsp3) is 0.150. The summed E-state index contributed by atoms with van der Waals surface area (Å²) in [6.45, 7) is 2.49. The molecule has 1 fully saturated rings. The molecule has 0 aliphatic carbocycles. The van der Waals surface area contributed by atoms with Crippen molar-refractivity contribution in [3.05, 3.63) is 58.6 Å². The summed E-state index contributed by atoms with van der Waals surface area (Å²) in [5, 5.41) is 11.9. The van der Waals surface area contributed by atoms with E-state index in [2.05, 4.69) is 5.32 Å². The number of imide groups is 2. The molecule has 2 aromatic carbocycles. The Kier molecular flexibility index (Phi) is 5.65. The monoisotopic (exact) mass is 400 g/mol. The molecular formula is C20H17ClN2O5. The normalized spacial score (nSPS) is 15.7. The van der Waals surface area contributed by atoms with Crippen LogP contribution in [0.1, 0.15) is 18.9 Å². The van der Waals surface area contributed by atoms with Gasteiger partial charge in [-0.15, -0.1) is 0 Å². The van der Waals surface area contributed by atoms with Crippen LogP contribution in [0, 0.1) is 0 Å². The van der Waals surface area contributed by atoms with E-state index in [1.54, 1.807) is 18.2 Å². The first-order chi connectivity index (χ1) is 13.4. The number of nitrogens with one attached hydrogen (secondary N) is 1. The second-order valence-electron chi connectivity index (χ2n) is 6.01. The van der Waals surface area contributed by atoms with Gasteiger partial charge in [-0.05, 0) is 54.5 Å². The lowest BCUT2D eigenvalue weighted by Gasteiger charge is -2.26. The highest BCUT2D eigenvalue weighted by Crippen LogP contribution is 2.28. The third-order valence-electron chi connectivity index (χ3n) is 3.94. The van der Waals surface area contributed by atoms with Gasteiger partial charge in [-0.1, -0.05) is 24.6 Å². The van der Waals surface area contributed by atoms with Gasteiger partial charge >= 0.3 is 6.03 Å². The smallest absolute Gasteiger partial charge is 0.335 e. The molecule has 4 amide bonds. The summed E-state index contributed by atoms with van der Waals surface area (Å²) in [4.78, 5) is 38.0. The van der Waals surface area contributed by atoms with Crippen molar-refractivity contribution in [2.24, 2.45) is 0 Å². The summed E-state index contributed by atoms with van der Waals surface area (Å²) in [5.41, 5.74) is 0.512. The van der Waals surface area contributed by atoms with Crippen molar-refractivity contribution >= 4 is 41.2 Å². The van der Waals surface area contributed by atoms with Gasteiger partial charge < -0.3 is 9.84 Å². The number of aromatic hydroxyl groups is 1. The predicted molar refractivity (Wildman–Crippen MR) is 104 cm³/mol. The van der Waals surface area contributed by atoms with E-state index in [-0.39, 0.29) is 17.0 Å². The number of rotatable bonds is 5. The zero-order valence-electron chi connectivity index (χ0n) is 14.9. The number of anilines is 1. The number of amides is 4. The summed E-state index contributed by atoms with van der Waals surface area (Å²) in [5.74, 6) is -1.08. The zero-order valence-corrected chi connectivity index (χ0v) is 15.7. The lowest BCUT2D eigenvalue weighted by Crippen LogP contribution is -2.54. The number of benzene rings is 2. The fourth-order valence-corrected chi connectivity index (χ4v) is 2.84. The van der Waals surface area contributed by atoms with Gasteiger partial charge in [0.15, 0.2) is 0 Å². The van der Waals surface area contributed by atoms with E-state index in [0.29, 0.717) is 22.9 Å². The van der Waals surface area contributed by atoms with Crippen molar-refractivity contribution < 1.29 is 24.2 Å². The maximum Gasteiger partial charge on any atom is 0.335 e. The van der Waals surface area contributed by atoms with Crippen LogP contribution in [-0.2, 0) is 9.59 Å². The zero-order chi connectivity index (χ0) is 20.3. The minimum atomic E-state index is -0.862. The first kappa shape index (κ1) is 19.4. The van der Waals surface area contributed by atoms with Gasteiger partial charge in [-0.2, -0.15) is 0 Å². The van der Waals surface area contributed by atoms with Crippen LogP contribution in [0.4, 0.5) is 10.5 Å². The molecule has 2 N–H and O–H groups in total. The number of carbonyl (C=O) groups is 3. The minimum Gasteiger partial charge on any atom is -0.508 e. The van der Waals surface area contributed by atoms with Crippen molar-refractivity contribution in [3.63, 3.8) is 0 Å². The van der Waals surface area contributed by atoms with Crippen LogP contribution in [0.2, 0.25) is 5.02 Å². The quantitative estimate of drug-likeness (QED) is 0.591. The van der Waals surface area contributed by atoms with Crippen LogP contribution in [0.5, 0.6) is 11.5 Å². The van der Waals surface area contributed by atoms with Crippen molar-refractivity contribution in [1.29, 1.82) is 0 Å². The number of hydrogen-bond acceptors (Lipinski definition) is 5. The van der Waals surface area contributed by atoms with Crippen molar-refractivity contribution in [3.8, 4) is 11.5 Å². The Bertz CT molecular complexity index is 969. The minimum absolute atomic E-state index is 0.0134. The van der Waals surface area contributed by atoms with Gasteiger partial charge in [-0.3, -0.25) is 14.9 Å². The van der Waals surface area contributed by atoms with Gasteiger partial charge in [0.25, 0.3) is 11.8 Å². The summed E-state index contributed by atoms with van der Waals surface area (Å²) < 4.78 is 5.50. The van der Waals surface area contributed by atoms with Crippen LogP contribution >= 0.6 is 11.6 Å². The first-order valence-corrected chi connectivity index (χ1v) is 8.91. The largest absolute Gasteiger partial charge is 0.508 e. The van der Waals surface area contributed by atoms with E-state index in [1.165, 1.54) is 30.3 Å². The van der Waals surface area contributed by atoms with Gasteiger partial charge in [0, 0.05) is 0 Å². The molecule has 1 aliphatic heterocycles. The maximum absolute atomic E-state index is 12.8. The van der Waals surface area contributed by atoms with Gasteiger partial charge in [0.1, 0.15) is 17.1 Å². The van der Waals surface area contributed by atoms with Crippen LogP contribution < -0.4 is 15.0 Å². The van der Waals surface area contributed by atoms with E-state index in [1.807, 2.05) is 6.92 Å². The molecule has 7 nitrogen and oxygen atoms in total. The van der Waals surface area contributed by atoms with E-state index in [9.17, 15) is 19.5 Å². The molecule has 3 rings (SSSR count). The second-order valence-corrected chi connectivity index (χ2v) is 6.42. The Hall–Kier alpha value is -3.32. The second kappa shape index (κ2) is 8.14. The Morgan fingerprint density at radius 3 is 2.50 bits per heavy atom. The summed E-state index contributed by atoms with van der Waals surface area (Å²) in [6, 6.07) is 9.49.